The first kappa shape index (κ1) is 10.2. The van der Waals surface area contributed by atoms with E-state index in [9.17, 15) is 0 Å². The summed E-state index contributed by atoms with van der Waals surface area (Å²) in [5, 5.41) is 0. The Morgan fingerprint density at radius 3 is 2.54 bits per heavy atom. The van der Waals surface area contributed by atoms with Crippen LogP contribution in [0.5, 0.6) is 0 Å². The normalized spacial score (nSPS) is 10.3. The first-order chi connectivity index (χ1) is 6.38. The zero-order valence-corrected chi connectivity index (χ0v) is 8.12. The van der Waals surface area contributed by atoms with Crippen molar-refractivity contribution in [1.29, 1.82) is 0 Å². The second-order valence-electron chi connectivity index (χ2n) is 3.09. The molecule has 1 aromatic carbocycles. The third-order valence-electron chi connectivity index (χ3n) is 2.07. The molecule has 0 aliphatic rings. The van der Waals surface area contributed by atoms with Gasteiger partial charge in [-0.05, 0) is 30.5 Å². The van der Waals surface area contributed by atoms with Crippen LogP contribution in [-0.2, 0) is 17.8 Å². The van der Waals surface area contributed by atoms with Crippen molar-refractivity contribution < 1.29 is 4.74 Å². The minimum atomic E-state index is 0.695. The minimum Gasteiger partial charge on any atom is -0.380 e. The highest BCUT2D eigenvalue weighted by Crippen LogP contribution is 2.11. The molecule has 0 aromatic heterocycles. The Morgan fingerprint density at radius 2 is 1.92 bits per heavy atom. The van der Waals surface area contributed by atoms with E-state index >= 15 is 0 Å². The number of hydrogen-bond donors (Lipinski definition) is 1. The molecule has 2 nitrogen and oxygen atoms in total. The fraction of sp³-hybridized carbons (Fsp3) is 0.455. The number of aryl methyl sites for hydroxylation is 1. The summed E-state index contributed by atoms with van der Waals surface area (Å²) < 4.78 is 5.12. The zero-order valence-electron chi connectivity index (χ0n) is 8.12. The van der Waals surface area contributed by atoms with E-state index < -0.39 is 0 Å². The Morgan fingerprint density at radius 1 is 1.23 bits per heavy atom. The molecule has 72 valence electrons. The molecule has 0 atom stereocenters. The molecule has 0 unspecified atom stereocenters. The largest absolute Gasteiger partial charge is 0.380 e. The van der Waals surface area contributed by atoms with E-state index in [1.165, 1.54) is 11.1 Å². The van der Waals surface area contributed by atoms with Crippen molar-refractivity contribution in [2.24, 2.45) is 5.73 Å². The molecule has 2 heteroatoms. The van der Waals surface area contributed by atoms with Gasteiger partial charge in [-0.15, -0.1) is 0 Å². The van der Waals surface area contributed by atoms with Gasteiger partial charge in [0.25, 0.3) is 0 Å². The molecular weight excluding hydrogens is 162 g/mol. The van der Waals surface area contributed by atoms with Gasteiger partial charge in [0.2, 0.25) is 0 Å². The predicted molar refractivity (Wildman–Crippen MR) is 54.5 cm³/mol. The van der Waals surface area contributed by atoms with Gasteiger partial charge in [0.05, 0.1) is 6.61 Å². The van der Waals surface area contributed by atoms with Gasteiger partial charge in [-0.3, -0.25) is 0 Å². The number of rotatable bonds is 5. The maximum Gasteiger partial charge on any atom is 0.0715 e. The fourth-order valence-electron chi connectivity index (χ4n) is 1.39. The van der Waals surface area contributed by atoms with Gasteiger partial charge in [-0.2, -0.15) is 0 Å². The average Bonchev–Trinajstić information content (AvgIpc) is 2.17. The van der Waals surface area contributed by atoms with Crippen LogP contribution in [0.3, 0.4) is 0 Å². The molecule has 0 amide bonds. The molecule has 0 saturated carbocycles. The van der Waals surface area contributed by atoms with Gasteiger partial charge >= 0.3 is 0 Å². The van der Waals surface area contributed by atoms with Crippen molar-refractivity contribution in [1.82, 2.24) is 0 Å². The highest BCUT2D eigenvalue weighted by molar-refractivity contribution is 5.26. The number of ether oxygens (including phenoxy) is 1. The summed E-state index contributed by atoms with van der Waals surface area (Å²) in [6.45, 7) is 1.45. The first-order valence-electron chi connectivity index (χ1n) is 4.64. The first-order valence-corrected chi connectivity index (χ1v) is 4.64. The van der Waals surface area contributed by atoms with E-state index in [0.29, 0.717) is 6.61 Å². The van der Waals surface area contributed by atoms with Crippen LogP contribution in [0.15, 0.2) is 24.3 Å². The molecule has 0 aliphatic carbocycles. The lowest BCUT2D eigenvalue weighted by molar-refractivity contribution is 0.184. The third-order valence-corrected chi connectivity index (χ3v) is 2.07. The summed E-state index contributed by atoms with van der Waals surface area (Å²) >= 11 is 0. The molecule has 0 bridgehead atoms. The van der Waals surface area contributed by atoms with Crippen molar-refractivity contribution >= 4 is 0 Å². The van der Waals surface area contributed by atoms with E-state index in [-0.39, 0.29) is 0 Å². The van der Waals surface area contributed by atoms with E-state index in [0.717, 1.165) is 19.4 Å². The van der Waals surface area contributed by atoms with Crippen LogP contribution in [0.4, 0.5) is 0 Å². The maximum atomic E-state index is 5.47. The van der Waals surface area contributed by atoms with Crippen LogP contribution in [0.25, 0.3) is 0 Å². The Kier molecular flexibility index (Phi) is 4.50. The van der Waals surface area contributed by atoms with Crippen molar-refractivity contribution in [3.8, 4) is 0 Å². The molecule has 0 aliphatic heterocycles. The molecule has 0 spiro atoms. The maximum absolute atomic E-state index is 5.47. The number of benzene rings is 1. The summed E-state index contributed by atoms with van der Waals surface area (Å²) in [4.78, 5) is 0. The van der Waals surface area contributed by atoms with Crippen LogP contribution in [0.2, 0.25) is 0 Å². The van der Waals surface area contributed by atoms with E-state index in [4.69, 9.17) is 10.5 Å². The van der Waals surface area contributed by atoms with Crippen molar-refractivity contribution in [3.05, 3.63) is 35.4 Å². The number of methoxy groups -OCH3 is 1. The monoisotopic (exact) mass is 179 g/mol. The topological polar surface area (TPSA) is 35.2 Å². The van der Waals surface area contributed by atoms with E-state index in [2.05, 4.69) is 18.2 Å². The number of nitrogens with two attached hydrogens (primary N) is 1. The quantitative estimate of drug-likeness (QED) is 0.747. The van der Waals surface area contributed by atoms with Gasteiger partial charge in [0, 0.05) is 7.11 Å². The molecule has 2 N–H and O–H groups in total. The summed E-state index contributed by atoms with van der Waals surface area (Å²) in [5.74, 6) is 0. The molecule has 1 rings (SSSR count). The minimum absolute atomic E-state index is 0.695. The van der Waals surface area contributed by atoms with Gasteiger partial charge in [0.1, 0.15) is 0 Å². The van der Waals surface area contributed by atoms with Crippen LogP contribution < -0.4 is 5.73 Å². The summed E-state index contributed by atoms with van der Waals surface area (Å²) in [7, 11) is 1.72. The zero-order chi connectivity index (χ0) is 9.52. The lowest BCUT2D eigenvalue weighted by Gasteiger charge is -2.07. The Bertz CT molecular complexity index is 248. The lowest BCUT2D eigenvalue weighted by Crippen LogP contribution is -2.02. The van der Waals surface area contributed by atoms with Crippen LogP contribution in [0, 0.1) is 0 Å². The smallest absolute Gasteiger partial charge is 0.0715 e. The van der Waals surface area contributed by atoms with Crippen LogP contribution in [0.1, 0.15) is 17.5 Å². The Labute approximate surface area is 79.7 Å². The van der Waals surface area contributed by atoms with E-state index in [1.54, 1.807) is 7.11 Å². The van der Waals surface area contributed by atoms with Crippen LogP contribution in [-0.4, -0.2) is 13.7 Å². The predicted octanol–water partition coefficient (Wildman–Crippen LogP) is 1.72. The van der Waals surface area contributed by atoms with Gasteiger partial charge in [0.15, 0.2) is 0 Å². The summed E-state index contributed by atoms with van der Waals surface area (Å²) in [6, 6.07) is 8.35. The van der Waals surface area contributed by atoms with Gasteiger partial charge < -0.3 is 10.5 Å². The summed E-state index contributed by atoms with van der Waals surface area (Å²) in [6.07, 6.45) is 2.09. The SMILES string of the molecule is COCc1ccccc1CCCN. The molecule has 13 heavy (non-hydrogen) atoms. The highest BCUT2D eigenvalue weighted by atomic mass is 16.5. The lowest BCUT2D eigenvalue weighted by atomic mass is 10.0. The van der Waals surface area contributed by atoms with Crippen molar-refractivity contribution in [2.45, 2.75) is 19.4 Å². The van der Waals surface area contributed by atoms with Crippen molar-refractivity contribution in [2.75, 3.05) is 13.7 Å². The average molecular weight is 179 g/mol. The van der Waals surface area contributed by atoms with Gasteiger partial charge in [-0.1, -0.05) is 24.3 Å². The molecule has 0 radical (unpaired) electrons. The van der Waals surface area contributed by atoms with Gasteiger partial charge in [-0.25, -0.2) is 0 Å². The third kappa shape index (κ3) is 3.17. The highest BCUT2D eigenvalue weighted by Gasteiger charge is 1.99. The summed E-state index contributed by atoms with van der Waals surface area (Å²) in [5.41, 5.74) is 8.10. The molecular formula is C11H17NO. The Balaban J connectivity index is 2.66. The number of hydrogen-bond acceptors (Lipinski definition) is 2. The Hall–Kier alpha value is -0.860. The standard InChI is InChI=1S/C11H17NO/c1-13-9-11-6-3-2-5-10(11)7-4-8-12/h2-3,5-6H,4,7-9,12H2,1H3. The van der Waals surface area contributed by atoms with Crippen LogP contribution >= 0.6 is 0 Å². The van der Waals surface area contributed by atoms with E-state index in [1.807, 2.05) is 6.07 Å². The second-order valence-corrected chi connectivity index (χ2v) is 3.09. The molecule has 0 fully saturated rings. The molecule has 0 heterocycles. The molecule has 0 saturated heterocycles. The second kappa shape index (κ2) is 5.73. The molecule has 1 aromatic rings. The fourth-order valence-corrected chi connectivity index (χ4v) is 1.39. The van der Waals surface area contributed by atoms with Crippen molar-refractivity contribution in [3.63, 3.8) is 0 Å².